The third-order valence-electron chi connectivity index (χ3n) is 2.59. The standard InChI is InChI=1S/C13H10F3NO2/c1-19-11-5-3-10(4-6-11)17-8-9(13(14,15)16)2-7-12(17)18/h2-8H,1H3. The zero-order valence-electron chi connectivity index (χ0n) is 9.94. The van der Waals surface area contributed by atoms with Crippen molar-refractivity contribution >= 4 is 0 Å². The fraction of sp³-hybridized carbons (Fsp3) is 0.154. The Kier molecular flexibility index (Phi) is 3.33. The minimum absolute atomic E-state index is 0.344. The molecule has 0 aliphatic heterocycles. The molecule has 2 rings (SSSR count). The number of aromatic nitrogens is 1. The van der Waals surface area contributed by atoms with Gasteiger partial charge in [-0.2, -0.15) is 13.2 Å². The quantitative estimate of drug-likeness (QED) is 0.839. The highest BCUT2D eigenvalue weighted by molar-refractivity contribution is 5.38. The molecular formula is C13H10F3NO2. The molecule has 1 aromatic heterocycles. The molecule has 3 nitrogen and oxygen atoms in total. The fourth-order valence-electron chi connectivity index (χ4n) is 1.60. The van der Waals surface area contributed by atoms with Crippen molar-refractivity contribution in [2.24, 2.45) is 0 Å². The minimum Gasteiger partial charge on any atom is -0.497 e. The number of hydrogen-bond acceptors (Lipinski definition) is 2. The minimum atomic E-state index is -4.48. The van der Waals surface area contributed by atoms with E-state index in [4.69, 9.17) is 4.74 Å². The number of nitrogens with zero attached hydrogens (tertiary/aromatic N) is 1. The van der Waals surface area contributed by atoms with E-state index in [9.17, 15) is 18.0 Å². The van der Waals surface area contributed by atoms with Crippen molar-refractivity contribution in [3.63, 3.8) is 0 Å². The Morgan fingerprint density at radius 1 is 1.05 bits per heavy atom. The Morgan fingerprint density at radius 3 is 2.21 bits per heavy atom. The summed E-state index contributed by atoms with van der Waals surface area (Å²) < 4.78 is 43.7. The molecular weight excluding hydrogens is 259 g/mol. The molecule has 0 aliphatic rings. The van der Waals surface area contributed by atoms with Crippen molar-refractivity contribution in [2.45, 2.75) is 6.18 Å². The van der Waals surface area contributed by atoms with E-state index in [1.165, 1.54) is 19.2 Å². The highest BCUT2D eigenvalue weighted by atomic mass is 19.4. The first-order valence-corrected chi connectivity index (χ1v) is 5.36. The Balaban J connectivity index is 2.51. The third kappa shape index (κ3) is 2.78. The Hall–Kier alpha value is -2.24. The maximum atomic E-state index is 12.6. The van der Waals surface area contributed by atoms with Crippen molar-refractivity contribution in [2.75, 3.05) is 7.11 Å². The summed E-state index contributed by atoms with van der Waals surface area (Å²) in [5.74, 6) is 0.559. The lowest BCUT2D eigenvalue weighted by molar-refractivity contribution is -0.138. The van der Waals surface area contributed by atoms with E-state index in [0.29, 0.717) is 11.4 Å². The summed E-state index contributed by atoms with van der Waals surface area (Å²) in [6, 6.07) is 7.83. The van der Waals surface area contributed by atoms with Crippen LogP contribution in [0, 0.1) is 0 Å². The van der Waals surface area contributed by atoms with Crippen LogP contribution < -0.4 is 10.3 Å². The Bertz CT molecular complexity index is 630. The molecule has 0 amide bonds. The number of alkyl halides is 3. The summed E-state index contributed by atoms with van der Waals surface area (Å²) in [6.07, 6.45) is -3.70. The number of methoxy groups -OCH3 is 1. The summed E-state index contributed by atoms with van der Waals surface area (Å²) >= 11 is 0. The van der Waals surface area contributed by atoms with Crippen LogP contribution in [0.25, 0.3) is 5.69 Å². The van der Waals surface area contributed by atoms with Gasteiger partial charge in [0, 0.05) is 18.0 Å². The average Bonchev–Trinajstić information content (AvgIpc) is 2.38. The van der Waals surface area contributed by atoms with Gasteiger partial charge < -0.3 is 4.74 Å². The molecule has 6 heteroatoms. The van der Waals surface area contributed by atoms with Crippen LogP contribution in [0.5, 0.6) is 5.75 Å². The monoisotopic (exact) mass is 269 g/mol. The zero-order chi connectivity index (χ0) is 14.0. The molecule has 0 N–H and O–H groups in total. The van der Waals surface area contributed by atoms with Gasteiger partial charge in [0.05, 0.1) is 12.7 Å². The number of rotatable bonds is 2. The van der Waals surface area contributed by atoms with E-state index in [2.05, 4.69) is 0 Å². The normalized spacial score (nSPS) is 11.4. The summed E-state index contributed by atoms with van der Waals surface area (Å²) in [7, 11) is 1.48. The lowest BCUT2D eigenvalue weighted by Crippen LogP contribution is -2.19. The van der Waals surface area contributed by atoms with Crippen molar-refractivity contribution in [1.29, 1.82) is 0 Å². The van der Waals surface area contributed by atoms with Crippen LogP contribution in [-0.2, 0) is 6.18 Å². The molecule has 0 saturated carbocycles. The van der Waals surface area contributed by atoms with Crippen LogP contribution in [0.3, 0.4) is 0 Å². The summed E-state index contributed by atoms with van der Waals surface area (Å²) in [5, 5.41) is 0. The third-order valence-corrected chi connectivity index (χ3v) is 2.59. The van der Waals surface area contributed by atoms with Crippen LogP contribution in [0.4, 0.5) is 13.2 Å². The van der Waals surface area contributed by atoms with Gasteiger partial charge >= 0.3 is 6.18 Å². The van der Waals surface area contributed by atoms with Gasteiger partial charge in [-0.05, 0) is 30.3 Å². The van der Waals surface area contributed by atoms with Gasteiger partial charge in [0.2, 0.25) is 0 Å². The molecule has 2 aromatic rings. The molecule has 0 atom stereocenters. The van der Waals surface area contributed by atoms with E-state index in [-0.39, 0.29) is 0 Å². The largest absolute Gasteiger partial charge is 0.497 e. The number of benzene rings is 1. The van der Waals surface area contributed by atoms with E-state index < -0.39 is 17.3 Å². The smallest absolute Gasteiger partial charge is 0.417 e. The summed E-state index contributed by atoms with van der Waals surface area (Å²) in [4.78, 5) is 11.6. The first-order valence-electron chi connectivity index (χ1n) is 5.36. The molecule has 0 bridgehead atoms. The highest BCUT2D eigenvalue weighted by Crippen LogP contribution is 2.28. The fourth-order valence-corrected chi connectivity index (χ4v) is 1.60. The molecule has 100 valence electrons. The summed E-state index contributed by atoms with van der Waals surface area (Å²) in [5.41, 5.74) is -1.06. The second kappa shape index (κ2) is 4.79. The maximum Gasteiger partial charge on any atom is 0.417 e. The van der Waals surface area contributed by atoms with Gasteiger partial charge in [-0.3, -0.25) is 9.36 Å². The van der Waals surface area contributed by atoms with Gasteiger partial charge in [-0.25, -0.2) is 0 Å². The zero-order valence-corrected chi connectivity index (χ0v) is 9.94. The first-order chi connectivity index (χ1) is 8.91. The van der Waals surface area contributed by atoms with Gasteiger partial charge in [-0.15, -0.1) is 0 Å². The topological polar surface area (TPSA) is 31.2 Å². The predicted molar refractivity (Wildman–Crippen MR) is 63.6 cm³/mol. The van der Waals surface area contributed by atoms with Gasteiger partial charge in [-0.1, -0.05) is 0 Å². The molecule has 1 aromatic carbocycles. The molecule has 0 fully saturated rings. The maximum absolute atomic E-state index is 12.6. The first kappa shape index (κ1) is 13.2. The van der Waals surface area contributed by atoms with Crippen LogP contribution in [0.1, 0.15) is 5.56 Å². The number of hydrogen-bond donors (Lipinski definition) is 0. The number of halogens is 3. The van der Waals surface area contributed by atoms with Crippen LogP contribution >= 0.6 is 0 Å². The predicted octanol–water partition coefficient (Wildman–Crippen LogP) is 2.86. The van der Waals surface area contributed by atoms with Crippen molar-refractivity contribution in [3.8, 4) is 11.4 Å². The van der Waals surface area contributed by atoms with Gasteiger partial charge in [0.25, 0.3) is 5.56 Å². The number of ether oxygens (including phenoxy) is 1. The summed E-state index contributed by atoms with van der Waals surface area (Å²) in [6.45, 7) is 0. The average molecular weight is 269 g/mol. The van der Waals surface area contributed by atoms with Crippen LogP contribution in [0.2, 0.25) is 0 Å². The molecule has 0 spiro atoms. The van der Waals surface area contributed by atoms with Crippen molar-refractivity contribution in [1.82, 2.24) is 4.57 Å². The molecule has 0 saturated heterocycles. The van der Waals surface area contributed by atoms with E-state index >= 15 is 0 Å². The molecule has 0 radical (unpaired) electrons. The van der Waals surface area contributed by atoms with E-state index in [1.54, 1.807) is 12.1 Å². The second-order valence-corrected chi connectivity index (χ2v) is 3.82. The second-order valence-electron chi connectivity index (χ2n) is 3.82. The molecule has 0 unspecified atom stereocenters. The Labute approximate surface area is 106 Å². The molecule has 1 heterocycles. The van der Waals surface area contributed by atoms with Gasteiger partial charge in [0.1, 0.15) is 5.75 Å². The highest BCUT2D eigenvalue weighted by Gasteiger charge is 2.31. The molecule has 19 heavy (non-hydrogen) atoms. The number of pyridine rings is 1. The van der Waals surface area contributed by atoms with Crippen LogP contribution in [0.15, 0.2) is 47.4 Å². The van der Waals surface area contributed by atoms with Crippen molar-refractivity contribution in [3.05, 3.63) is 58.5 Å². The Morgan fingerprint density at radius 2 is 1.68 bits per heavy atom. The van der Waals surface area contributed by atoms with E-state index in [0.717, 1.165) is 22.9 Å². The van der Waals surface area contributed by atoms with Gasteiger partial charge in [0.15, 0.2) is 0 Å². The van der Waals surface area contributed by atoms with E-state index in [1.807, 2.05) is 0 Å². The lowest BCUT2D eigenvalue weighted by Gasteiger charge is -2.11. The van der Waals surface area contributed by atoms with Crippen LogP contribution in [-0.4, -0.2) is 11.7 Å². The lowest BCUT2D eigenvalue weighted by atomic mass is 10.2. The molecule has 0 aliphatic carbocycles. The van der Waals surface area contributed by atoms with Crippen molar-refractivity contribution < 1.29 is 17.9 Å². The SMILES string of the molecule is COc1ccc(-n2cc(C(F)(F)F)ccc2=O)cc1.